The van der Waals surface area contributed by atoms with Crippen LogP contribution in [0.2, 0.25) is 0 Å². The van der Waals surface area contributed by atoms with Gasteiger partial charge in [-0.3, -0.25) is 0 Å². The van der Waals surface area contributed by atoms with Crippen molar-refractivity contribution in [2.24, 2.45) is 0 Å². The normalized spacial score (nSPS) is 25.5. The van der Waals surface area contributed by atoms with Gasteiger partial charge in [0, 0.05) is 12.6 Å². The molecule has 1 saturated carbocycles. The predicted octanol–water partition coefficient (Wildman–Crippen LogP) is 2.67. The molecule has 1 saturated heterocycles. The molecule has 1 spiro atoms. The third kappa shape index (κ3) is 3.85. The summed E-state index contributed by atoms with van der Waals surface area (Å²) in [6.45, 7) is 1.03. The van der Waals surface area contributed by atoms with Crippen LogP contribution >= 0.6 is 0 Å². The third-order valence-corrected chi connectivity index (χ3v) is 5.03. The Morgan fingerprint density at radius 2 is 1.95 bits per heavy atom. The predicted molar refractivity (Wildman–Crippen MR) is 84.3 cm³/mol. The first-order valence-electron chi connectivity index (χ1n) is 8.36. The van der Waals surface area contributed by atoms with Gasteiger partial charge in [-0.15, -0.1) is 0 Å². The number of rotatable bonds is 6. The first-order valence-corrected chi connectivity index (χ1v) is 8.36. The van der Waals surface area contributed by atoms with Crippen LogP contribution in [0, 0.1) is 0 Å². The molecule has 2 atom stereocenters. The van der Waals surface area contributed by atoms with Crippen molar-refractivity contribution >= 4 is 0 Å². The van der Waals surface area contributed by atoms with Gasteiger partial charge in [0.1, 0.15) is 0 Å². The number of ether oxygens (including phenoxy) is 1. The lowest BCUT2D eigenvalue weighted by Crippen LogP contribution is -2.40. The molecule has 3 heteroatoms. The van der Waals surface area contributed by atoms with Crippen LogP contribution < -0.4 is 5.32 Å². The minimum absolute atomic E-state index is 0.121. The quantitative estimate of drug-likeness (QED) is 0.846. The van der Waals surface area contributed by atoms with E-state index in [9.17, 15) is 5.11 Å². The molecule has 3 nitrogen and oxygen atoms in total. The smallest absolute Gasteiger partial charge is 0.0708 e. The maximum absolute atomic E-state index is 9.56. The lowest BCUT2D eigenvalue weighted by molar-refractivity contribution is -0.0363. The van der Waals surface area contributed by atoms with Crippen molar-refractivity contribution in [2.45, 2.75) is 62.7 Å². The van der Waals surface area contributed by atoms with E-state index in [2.05, 4.69) is 17.4 Å². The van der Waals surface area contributed by atoms with Gasteiger partial charge in [-0.05, 0) is 37.7 Å². The molecular weight excluding hydrogens is 262 g/mol. The van der Waals surface area contributed by atoms with Crippen LogP contribution in [-0.2, 0) is 11.2 Å². The zero-order valence-corrected chi connectivity index (χ0v) is 12.8. The van der Waals surface area contributed by atoms with Crippen LogP contribution in [0.5, 0.6) is 0 Å². The molecule has 2 unspecified atom stereocenters. The second kappa shape index (κ2) is 6.91. The fraction of sp³-hybridized carbons (Fsp3) is 0.667. The standard InChI is InChI=1S/C18H27NO2/c20-14-16(12-15-6-2-1-3-7-15)19-13-17-8-11-18(21-17)9-4-5-10-18/h1-3,6-7,16-17,19-20H,4-5,8-14H2. The Morgan fingerprint density at radius 1 is 1.19 bits per heavy atom. The van der Waals surface area contributed by atoms with E-state index in [4.69, 9.17) is 4.74 Å². The summed E-state index contributed by atoms with van der Waals surface area (Å²) >= 11 is 0. The first kappa shape index (κ1) is 15.0. The zero-order chi connectivity index (χ0) is 14.5. The lowest BCUT2D eigenvalue weighted by Gasteiger charge is -2.25. The van der Waals surface area contributed by atoms with Gasteiger partial charge in [0.05, 0.1) is 18.3 Å². The largest absolute Gasteiger partial charge is 0.395 e. The highest BCUT2D eigenvalue weighted by Gasteiger charge is 2.41. The number of hydrogen-bond acceptors (Lipinski definition) is 3. The Kier molecular flexibility index (Phi) is 4.94. The van der Waals surface area contributed by atoms with E-state index in [-0.39, 0.29) is 18.2 Å². The highest BCUT2D eigenvalue weighted by molar-refractivity contribution is 5.15. The number of hydrogen-bond donors (Lipinski definition) is 2. The van der Waals surface area contributed by atoms with Crippen LogP contribution in [0.3, 0.4) is 0 Å². The Balaban J connectivity index is 1.45. The lowest BCUT2D eigenvalue weighted by atomic mass is 9.98. The van der Waals surface area contributed by atoms with Crippen LogP contribution in [0.4, 0.5) is 0 Å². The van der Waals surface area contributed by atoms with Crippen LogP contribution in [0.15, 0.2) is 30.3 Å². The van der Waals surface area contributed by atoms with E-state index in [0.29, 0.717) is 6.10 Å². The van der Waals surface area contributed by atoms with Gasteiger partial charge >= 0.3 is 0 Å². The average molecular weight is 289 g/mol. The molecule has 116 valence electrons. The summed E-state index contributed by atoms with van der Waals surface area (Å²) in [6, 6.07) is 10.5. The Labute approximate surface area is 127 Å². The highest BCUT2D eigenvalue weighted by atomic mass is 16.5. The third-order valence-electron chi connectivity index (χ3n) is 5.03. The number of benzene rings is 1. The molecular formula is C18H27NO2. The van der Waals surface area contributed by atoms with Crippen LogP contribution in [0.1, 0.15) is 44.1 Å². The van der Waals surface area contributed by atoms with Gasteiger partial charge in [0.15, 0.2) is 0 Å². The van der Waals surface area contributed by atoms with Crippen molar-refractivity contribution in [1.29, 1.82) is 0 Å². The Morgan fingerprint density at radius 3 is 2.67 bits per heavy atom. The van der Waals surface area contributed by atoms with Crippen molar-refractivity contribution in [1.82, 2.24) is 5.32 Å². The Hall–Kier alpha value is -0.900. The van der Waals surface area contributed by atoms with Crippen molar-refractivity contribution in [3.05, 3.63) is 35.9 Å². The van der Waals surface area contributed by atoms with E-state index in [1.807, 2.05) is 18.2 Å². The molecule has 0 radical (unpaired) electrons. The summed E-state index contributed by atoms with van der Waals surface area (Å²) < 4.78 is 6.31. The van der Waals surface area contributed by atoms with Gasteiger partial charge in [0.25, 0.3) is 0 Å². The zero-order valence-electron chi connectivity index (χ0n) is 12.8. The maximum atomic E-state index is 9.56. The van der Waals surface area contributed by atoms with Gasteiger partial charge in [-0.2, -0.15) is 0 Å². The topological polar surface area (TPSA) is 41.5 Å². The minimum atomic E-state index is 0.121. The van der Waals surface area contributed by atoms with Crippen LogP contribution in [0.25, 0.3) is 0 Å². The molecule has 2 N–H and O–H groups in total. The van der Waals surface area contributed by atoms with Crippen LogP contribution in [-0.4, -0.2) is 36.0 Å². The van der Waals surface area contributed by atoms with E-state index >= 15 is 0 Å². The van der Waals surface area contributed by atoms with Gasteiger partial charge in [0.2, 0.25) is 0 Å². The summed E-state index contributed by atoms with van der Waals surface area (Å²) in [5.74, 6) is 0. The summed E-state index contributed by atoms with van der Waals surface area (Å²) in [5, 5.41) is 13.1. The molecule has 1 aromatic rings. The second-order valence-corrected chi connectivity index (χ2v) is 6.65. The SMILES string of the molecule is OCC(Cc1ccccc1)NCC1CCC2(CCCC2)O1. The van der Waals surface area contributed by atoms with Crippen molar-refractivity contribution in [2.75, 3.05) is 13.2 Å². The molecule has 0 amide bonds. The van der Waals surface area contributed by atoms with E-state index in [1.165, 1.54) is 37.7 Å². The first-order chi connectivity index (χ1) is 10.3. The van der Waals surface area contributed by atoms with E-state index in [0.717, 1.165) is 19.4 Å². The molecule has 0 aromatic heterocycles. The molecule has 21 heavy (non-hydrogen) atoms. The average Bonchev–Trinajstić information content (AvgIpc) is 3.15. The highest BCUT2D eigenvalue weighted by Crippen LogP contribution is 2.43. The molecule has 2 aliphatic rings. The second-order valence-electron chi connectivity index (χ2n) is 6.65. The Bertz CT molecular complexity index is 428. The number of nitrogens with one attached hydrogen (secondary N) is 1. The monoisotopic (exact) mass is 289 g/mol. The summed E-state index contributed by atoms with van der Waals surface area (Å²) in [4.78, 5) is 0. The molecule has 1 aliphatic heterocycles. The van der Waals surface area contributed by atoms with Crippen molar-refractivity contribution in [3.63, 3.8) is 0 Å². The maximum Gasteiger partial charge on any atom is 0.0708 e. The molecule has 1 aliphatic carbocycles. The molecule has 1 aromatic carbocycles. The number of aliphatic hydroxyl groups excluding tert-OH is 1. The summed E-state index contributed by atoms with van der Waals surface area (Å²) in [5.41, 5.74) is 1.48. The number of aliphatic hydroxyl groups is 1. The fourth-order valence-electron chi connectivity index (χ4n) is 3.82. The molecule has 2 fully saturated rings. The van der Waals surface area contributed by atoms with E-state index < -0.39 is 0 Å². The molecule has 0 bridgehead atoms. The molecule has 3 rings (SSSR count). The molecule has 1 heterocycles. The van der Waals surface area contributed by atoms with Gasteiger partial charge < -0.3 is 15.2 Å². The van der Waals surface area contributed by atoms with Crippen molar-refractivity contribution < 1.29 is 9.84 Å². The van der Waals surface area contributed by atoms with Crippen molar-refractivity contribution in [3.8, 4) is 0 Å². The fourth-order valence-corrected chi connectivity index (χ4v) is 3.82. The summed E-state index contributed by atoms with van der Waals surface area (Å²) in [6.07, 6.45) is 8.73. The summed E-state index contributed by atoms with van der Waals surface area (Å²) in [7, 11) is 0. The van der Waals surface area contributed by atoms with Gasteiger partial charge in [-0.25, -0.2) is 0 Å². The minimum Gasteiger partial charge on any atom is -0.395 e. The van der Waals surface area contributed by atoms with Gasteiger partial charge in [-0.1, -0.05) is 43.2 Å². The van der Waals surface area contributed by atoms with E-state index in [1.54, 1.807) is 0 Å².